The molecule has 0 aliphatic carbocycles. The molecule has 0 spiro atoms. The van der Waals surface area contributed by atoms with Gasteiger partial charge in [0.2, 0.25) is 0 Å². The lowest BCUT2D eigenvalue weighted by Crippen LogP contribution is -2.45. The first-order valence-electron chi connectivity index (χ1n) is 16.3. The van der Waals surface area contributed by atoms with Gasteiger partial charge >= 0.3 is 0 Å². The predicted octanol–water partition coefficient (Wildman–Crippen LogP) is 9.27. The van der Waals surface area contributed by atoms with Crippen molar-refractivity contribution < 1.29 is 9.47 Å². The molecular formula is C33H68N2O2. The third-order valence-corrected chi connectivity index (χ3v) is 8.74. The quantitative estimate of drug-likeness (QED) is 0.0982. The van der Waals surface area contributed by atoms with E-state index >= 15 is 0 Å². The van der Waals surface area contributed by atoms with Gasteiger partial charge < -0.3 is 9.47 Å². The van der Waals surface area contributed by atoms with Crippen molar-refractivity contribution >= 4 is 0 Å². The summed E-state index contributed by atoms with van der Waals surface area (Å²) in [7, 11) is 3.63. The lowest BCUT2D eigenvalue weighted by Gasteiger charge is -2.37. The Balaban J connectivity index is 2.23. The Kier molecular flexibility index (Phi) is 19.5. The van der Waals surface area contributed by atoms with Gasteiger partial charge in [-0.2, -0.15) is 0 Å². The maximum absolute atomic E-state index is 5.86. The second-order valence-corrected chi connectivity index (χ2v) is 13.3. The van der Waals surface area contributed by atoms with Crippen molar-refractivity contribution in [3.05, 3.63) is 0 Å². The monoisotopic (exact) mass is 525 g/mol. The van der Waals surface area contributed by atoms with Crippen molar-refractivity contribution in [1.82, 2.24) is 9.80 Å². The maximum atomic E-state index is 5.86. The van der Waals surface area contributed by atoms with Gasteiger partial charge in [-0.15, -0.1) is 0 Å². The van der Waals surface area contributed by atoms with Gasteiger partial charge in [0.05, 0.1) is 6.67 Å². The van der Waals surface area contributed by atoms with E-state index in [4.69, 9.17) is 9.47 Å². The van der Waals surface area contributed by atoms with Gasteiger partial charge in [0.15, 0.2) is 5.79 Å². The smallest absolute Gasteiger partial charge is 0.167 e. The van der Waals surface area contributed by atoms with Crippen LogP contribution in [0.1, 0.15) is 150 Å². The average molecular weight is 525 g/mol. The molecule has 0 amide bonds. The Labute approximate surface area is 233 Å². The summed E-state index contributed by atoms with van der Waals surface area (Å²) in [6.45, 7) is 17.7. The average Bonchev–Trinajstić information content (AvgIpc) is 2.87. The summed E-state index contributed by atoms with van der Waals surface area (Å²) in [5.74, 6) is 0.0206. The fourth-order valence-electron chi connectivity index (χ4n) is 6.00. The summed E-state index contributed by atoms with van der Waals surface area (Å²) in [6, 6.07) is 0. The van der Waals surface area contributed by atoms with Crippen molar-refractivity contribution in [2.24, 2.45) is 11.3 Å². The fourth-order valence-corrected chi connectivity index (χ4v) is 6.00. The summed E-state index contributed by atoms with van der Waals surface area (Å²) in [4.78, 5) is 5.40. The predicted molar refractivity (Wildman–Crippen MR) is 162 cm³/mol. The molecule has 4 heteroatoms. The third kappa shape index (κ3) is 17.2. The van der Waals surface area contributed by atoms with Gasteiger partial charge in [0.25, 0.3) is 0 Å². The van der Waals surface area contributed by atoms with Crippen LogP contribution in [0.5, 0.6) is 0 Å². The highest BCUT2D eigenvalue weighted by atomic mass is 16.7. The van der Waals surface area contributed by atoms with E-state index in [9.17, 15) is 0 Å². The van der Waals surface area contributed by atoms with E-state index in [0.29, 0.717) is 11.3 Å². The van der Waals surface area contributed by atoms with E-state index in [1.54, 1.807) is 0 Å². The second-order valence-electron chi connectivity index (χ2n) is 13.3. The minimum atomic E-state index is -0.454. The molecule has 0 aromatic rings. The first-order chi connectivity index (χ1) is 17.7. The molecule has 1 aliphatic heterocycles. The standard InChI is InChI=1S/C33H68N2O2/c1-8-9-10-11-15-18-23-31(33(5,36-6)37-7)24-21-27-35-29-22-28-34(30-35)26-20-17-14-12-13-16-19-25-32(2,3)4/h31H,8-30H2,1-7H3. The number of ether oxygens (including phenoxy) is 2. The molecule has 1 unspecified atom stereocenters. The Morgan fingerprint density at radius 3 is 1.68 bits per heavy atom. The first kappa shape index (κ1) is 34.9. The van der Waals surface area contributed by atoms with Crippen molar-refractivity contribution in [3.63, 3.8) is 0 Å². The molecule has 1 saturated heterocycles. The highest BCUT2D eigenvalue weighted by molar-refractivity contribution is 4.77. The number of methoxy groups -OCH3 is 2. The van der Waals surface area contributed by atoms with E-state index < -0.39 is 5.79 Å². The Hall–Kier alpha value is -0.160. The molecule has 222 valence electrons. The summed E-state index contributed by atoms with van der Waals surface area (Å²) >= 11 is 0. The maximum Gasteiger partial charge on any atom is 0.167 e. The van der Waals surface area contributed by atoms with Crippen LogP contribution in [0.2, 0.25) is 0 Å². The van der Waals surface area contributed by atoms with Crippen LogP contribution in [0.3, 0.4) is 0 Å². The van der Waals surface area contributed by atoms with Crippen LogP contribution < -0.4 is 0 Å². The number of nitrogens with zero attached hydrogens (tertiary/aromatic N) is 2. The van der Waals surface area contributed by atoms with E-state index in [2.05, 4.69) is 44.4 Å². The zero-order valence-electron chi connectivity index (χ0n) is 26.6. The first-order valence-corrected chi connectivity index (χ1v) is 16.3. The van der Waals surface area contributed by atoms with Crippen LogP contribution in [0.4, 0.5) is 0 Å². The SMILES string of the molecule is CCCCCCCCC(CCCN1CCCN(CCCCCCCCCC(C)(C)C)C1)C(C)(OC)OC. The topological polar surface area (TPSA) is 24.9 Å². The third-order valence-electron chi connectivity index (χ3n) is 8.74. The number of rotatable bonds is 23. The Bertz CT molecular complexity index is 515. The summed E-state index contributed by atoms with van der Waals surface area (Å²) in [5.41, 5.74) is 0.506. The van der Waals surface area contributed by atoms with Gasteiger partial charge in [-0.05, 0) is 64.0 Å². The van der Waals surface area contributed by atoms with Gasteiger partial charge in [-0.1, -0.05) is 105 Å². The fraction of sp³-hybridized carbons (Fsp3) is 1.00. The number of unbranched alkanes of at least 4 members (excludes halogenated alkanes) is 11. The molecule has 0 N–H and O–H groups in total. The van der Waals surface area contributed by atoms with E-state index in [1.807, 2.05) is 14.2 Å². The molecular weight excluding hydrogens is 456 g/mol. The van der Waals surface area contributed by atoms with Gasteiger partial charge in [0.1, 0.15) is 0 Å². The van der Waals surface area contributed by atoms with Crippen LogP contribution in [0.15, 0.2) is 0 Å². The molecule has 0 saturated carbocycles. The van der Waals surface area contributed by atoms with Gasteiger partial charge in [-0.3, -0.25) is 9.80 Å². The normalized spacial score (nSPS) is 16.9. The van der Waals surface area contributed by atoms with Crippen LogP contribution in [0.25, 0.3) is 0 Å². The molecule has 37 heavy (non-hydrogen) atoms. The zero-order chi connectivity index (χ0) is 27.4. The number of hydrogen-bond acceptors (Lipinski definition) is 4. The van der Waals surface area contributed by atoms with Crippen molar-refractivity contribution in [2.45, 2.75) is 156 Å². The Morgan fingerprint density at radius 1 is 0.622 bits per heavy atom. The molecule has 1 fully saturated rings. The summed E-state index contributed by atoms with van der Waals surface area (Å²) in [5, 5.41) is 0. The minimum absolute atomic E-state index is 0.454. The lowest BCUT2D eigenvalue weighted by atomic mass is 9.88. The van der Waals surface area contributed by atoms with Crippen molar-refractivity contribution in [1.29, 1.82) is 0 Å². The molecule has 0 radical (unpaired) electrons. The minimum Gasteiger partial charge on any atom is -0.353 e. The molecule has 0 aromatic heterocycles. The van der Waals surface area contributed by atoms with Crippen LogP contribution in [-0.2, 0) is 9.47 Å². The molecule has 1 aliphatic rings. The van der Waals surface area contributed by atoms with Crippen molar-refractivity contribution in [2.75, 3.05) is 47.1 Å². The molecule has 0 bridgehead atoms. The number of hydrogen-bond donors (Lipinski definition) is 0. The molecule has 1 rings (SSSR count). The highest BCUT2D eigenvalue weighted by Gasteiger charge is 2.33. The van der Waals surface area contributed by atoms with Crippen molar-refractivity contribution in [3.8, 4) is 0 Å². The van der Waals surface area contributed by atoms with Crippen LogP contribution in [0, 0.1) is 11.3 Å². The van der Waals surface area contributed by atoms with Gasteiger partial charge in [0, 0.05) is 33.2 Å². The van der Waals surface area contributed by atoms with Gasteiger partial charge in [-0.25, -0.2) is 0 Å². The largest absolute Gasteiger partial charge is 0.353 e. The van der Waals surface area contributed by atoms with Crippen LogP contribution >= 0.6 is 0 Å². The summed E-state index contributed by atoms with van der Waals surface area (Å²) < 4.78 is 11.7. The lowest BCUT2D eigenvalue weighted by molar-refractivity contribution is -0.230. The zero-order valence-corrected chi connectivity index (χ0v) is 26.6. The van der Waals surface area contributed by atoms with E-state index in [-0.39, 0.29) is 0 Å². The summed E-state index contributed by atoms with van der Waals surface area (Å²) in [6.07, 6.45) is 24.3. The Morgan fingerprint density at radius 2 is 1.11 bits per heavy atom. The van der Waals surface area contributed by atoms with E-state index in [0.717, 1.165) is 0 Å². The molecule has 1 atom stereocenters. The molecule has 0 aromatic carbocycles. The second kappa shape index (κ2) is 20.7. The van der Waals surface area contributed by atoms with E-state index in [1.165, 1.54) is 148 Å². The highest BCUT2D eigenvalue weighted by Crippen LogP contribution is 2.31. The van der Waals surface area contributed by atoms with Crippen LogP contribution in [-0.4, -0.2) is 62.7 Å². The molecule has 1 heterocycles. The molecule has 4 nitrogen and oxygen atoms in total.